The van der Waals surface area contributed by atoms with Gasteiger partial charge >= 0.3 is 0 Å². The molecule has 4 heteroatoms. The van der Waals surface area contributed by atoms with Crippen molar-refractivity contribution in [3.8, 4) is 0 Å². The van der Waals surface area contributed by atoms with Gasteiger partial charge in [0.05, 0.1) is 11.7 Å². The van der Waals surface area contributed by atoms with Crippen molar-refractivity contribution in [3.63, 3.8) is 0 Å². The van der Waals surface area contributed by atoms with Crippen LogP contribution in [0.5, 0.6) is 0 Å². The van der Waals surface area contributed by atoms with Crippen molar-refractivity contribution in [2.24, 2.45) is 0 Å². The van der Waals surface area contributed by atoms with Gasteiger partial charge < -0.3 is 5.32 Å². The molecule has 0 saturated heterocycles. The van der Waals surface area contributed by atoms with Gasteiger partial charge in [0, 0.05) is 23.3 Å². The normalized spacial score (nSPS) is 21.6. The minimum Gasteiger partial charge on any atom is -0.366 e. The van der Waals surface area contributed by atoms with Crippen LogP contribution in [0.4, 0.5) is 5.69 Å². The number of ketones is 1. The molecule has 0 fully saturated rings. The first-order valence-electron chi connectivity index (χ1n) is 8.22. The van der Waals surface area contributed by atoms with Gasteiger partial charge in [-0.1, -0.05) is 42.5 Å². The second kappa shape index (κ2) is 4.82. The largest absolute Gasteiger partial charge is 0.366 e. The highest BCUT2D eigenvalue weighted by Gasteiger charge is 2.41. The van der Waals surface area contributed by atoms with Crippen LogP contribution in [0, 0.1) is 0 Å². The first-order valence-corrected chi connectivity index (χ1v) is 8.22. The van der Waals surface area contributed by atoms with Crippen LogP contribution in [0.25, 0.3) is 5.57 Å². The standard InChI is InChI=1S/C20H17N3O/c1-12-17-18-14-9-5-6-10-15(14)19(24)16(18)11-21-20(17)23(22-12)13-7-3-2-4-8-13/h2-10,12,21-22H,11H2,1H3. The Morgan fingerprint density at radius 2 is 1.71 bits per heavy atom. The molecule has 2 aliphatic heterocycles. The highest BCUT2D eigenvalue weighted by atomic mass is 16.1. The van der Waals surface area contributed by atoms with E-state index >= 15 is 0 Å². The number of para-hydroxylation sites is 1. The molecule has 1 aliphatic carbocycles. The van der Waals surface area contributed by atoms with E-state index in [1.807, 2.05) is 36.4 Å². The molecule has 2 N–H and O–H groups in total. The fraction of sp³-hybridized carbons (Fsp3) is 0.150. The van der Waals surface area contributed by atoms with E-state index in [-0.39, 0.29) is 11.8 Å². The molecule has 1 atom stereocenters. The fourth-order valence-electron chi connectivity index (χ4n) is 3.92. The molecule has 1 unspecified atom stereocenters. The van der Waals surface area contributed by atoms with Crippen LogP contribution in [-0.4, -0.2) is 18.4 Å². The molecule has 2 aromatic carbocycles. The Hall–Kier alpha value is -2.85. The zero-order valence-corrected chi connectivity index (χ0v) is 13.3. The van der Waals surface area contributed by atoms with Crippen molar-refractivity contribution in [2.75, 3.05) is 11.6 Å². The van der Waals surface area contributed by atoms with Crippen molar-refractivity contribution < 1.29 is 4.79 Å². The molecule has 3 aliphatic rings. The second-order valence-corrected chi connectivity index (χ2v) is 6.37. The number of nitrogens with zero attached hydrogens (tertiary/aromatic N) is 1. The van der Waals surface area contributed by atoms with Crippen LogP contribution in [0.15, 0.2) is 71.6 Å². The van der Waals surface area contributed by atoms with E-state index < -0.39 is 0 Å². The molecule has 4 nitrogen and oxygen atoms in total. The van der Waals surface area contributed by atoms with E-state index in [0.29, 0.717) is 6.54 Å². The number of fused-ring (bicyclic) bond motifs is 3. The minimum absolute atomic E-state index is 0.136. The molecule has 118 valence electrons. The molecule has 24 heavy (non-hydrogen) atoms. The van der Waals surface area contributed by atoms with Crippen LogP contribution >= 0.6 is 0 Å². The third kappa shape index (κ3) is 1.69. The number of anilines is 1. The Morgan fingerprint density at radius 1 is 1.00 bits per heavy atom. The lowest BCUT2D eigenvalue weighted by atomic mass is 9.91. The predicted octanol–water partition coefficient (Wildman–Crippen LogP) is 2.86. The first kappa shape index (κ1) is 13.6. The Labute approximate surface area is 140 Å². The molecule has 0 radical (unpaired) electrons. The molecule has 0 amide bonds. The molecule has 2 aromatic rings. The fourth-order valence-corrected chi connectivity index (χ4v) is 3.92. The lowest BCUT2D eigenvalue weighted by Crippen LogP contribution is -2.39. The van der Waals surface area contributed by atoms with Crippen LogP contribution in [-0.2, 0) is 0 Å². The number of rotatable bonds is 1. The summed E-state index contributed by atoms with van der Waals surface area (Å²) in [6.07, 6.45) is 0. The van der Waals surface area contributed by atoms with E-state index in [1.165, 1.54) is 5.57 Å². The average molecular weight is 315 g/mol. The molecule has 0 aromatic heterocycles. The Kier molecular flexibility index (Phi) is 2.73. The topological polar surface area (TPSA) is 44.4 Å². The maximum atomic E-state index is 12.7. The zero-order chi connectivity index (χ0) is 16.3. The lowest BCUT2D eigenvalue weighted by molar-refractivity contribution is 0.103. The Morgan fingerprint density at radius 3 is 2.50 bits per heavy atom. The molecule has 2 heterocycles. The third-order valence-corrected chi connectivity index (χ3v) is 4.97. The summed E-state index contributed by atoms with van der Waals surface area (Å²) in [6, 6.07) is 18.3. The van der Waals surface area contributed by atoms with E-state index in [9.17, 15) is 4.79 Å². The van der Waals surface area contributed by atoms with Crippen molar-refractivity contribution in [1.29, 1.82) is 0 Å². The first-order chi connectivity index (χ1) is 11.8. The summed E-state index contributed by atoms with van der Waals surface area (Å²) < 4.78 is 0. The highest BCUT2D eigenvalue weighted by molar-refractivity contribution is 6.23. The van der Waals surface area contributed by atoms with Crippen molar-refractivity contribution in [3.05, 3.63) is 82.7 Å². The van der Waals surface area contributed by atoms with Crippen LogP contribution in [0.2, 0.25) is 0 Å². The number of carbonyl (C=O) groups excluding carboxylic acids is 1. The van der Waals surface area contributed by atoms with Gasteiger partial charge in [0.15, 0.2) is 5.78 Å². The summed E-state index contributed by atoms with van der Waals surface area (Å²) in [5.74, 6) is 1.21. The van der Waals surface area contributed by atoms with Gasteiger partial charge in [0.25, 0.3) is 0 Å². The number of carbonyl (C=O) groups is 1. The number of benzene rings is 2. The van der Waals surface area contributed by atoms with Gasteiger partial charge in [0.1, 0.15) is 5.82 Å². The van der Waals surface area contributed by atoms with E-state index in [1.54, 1.807) is 0 Å². The summed E-state index contributed by atoms with van der Waals surface area (Å²) in [6.45, 7) is 2.71. The third-order valence-electron chi connectivity index (χ3n) is 4.97. The number of Topliss-reactive ketones (excluding diaryl/α,β-unsaturated/α-hetero) is 1. The van der Waals surface area contributed by atoms with Crippen molar-refractivity contribution >= 4 is 17.0 Å². The van der Waals surface area contributed by atoms with Gasteiger partial charge in [-0.3, -0.25) is 9.80 Å². The van der Waals surface area contributed by atoms with Crippen molar-refractivity contribution in [2.45, 2.75) is 13.0 Å². The quantitative estimate of drug-likeness (QED) is 0.849. The summed E-state index contributed by atoms with van der Waals surface area (Å²) in [7, 11) is 0. The summed E-state index contributed by atoms with van der Waals surface area (Å²) in [5.41, 5.74) is 9.68. The van der Waals surface area contributed by atoms with Crippen LogP contribution in [0.1, 0.15) is 22.8 Å². The summed E-state index contributed by atoms with van der Waals surface area (Å²) in [4.78, 5) is 12.7. The Bertz CT molecular complexity index is 927. The number of hydrogen-bond donors (Lipinski definition) is 2. The molecular formula is C20H17N3O. The zero-order valence-electron chi connectivity index (χ0n) is 13.3. The lowest BCUT2D eigenvalue weighted by Gasteiger charge is -2.26. The SMILES string of the molecule is CC1NN(c2ccccc2)C2=C1C1=C(CN2)C(=O)c2ccccc21. The monoisotopic (exact) mass is 315 g/mol. The average Bonchev–Trinajstić information content (AvgIpc) is 3.12. The van der Waals surface area contributed by atoms with Gasteiger partial charge in [0.2, 0.25) is 0 Å². The Balaban J connectivity index is 1.69. The second-order valence-electron chi connectivity index (χ2n) is 6.37. The van der Waals surface area contributed by atoms with E-state index in [0.717, 1.165) is 33.8 Å². The maximum Gasteiger partial charge on any atom is 0.192 e. The van der Waals surface area contributed by atoms with Crippen LogP contribution < -0.4 is 15.8 Å². The van der Waals surface area contributed by atoms with Gasteiger partial charge in [-0.2, -0.15) is 0 Å². The molecule has 0 bridgehead atoms. The number of nitrogens with one attached hydrogen (secondary N) is 2. The highest BCUT2D eigenvalue weighted by Crippen LogP contribution is 2.44. The predicted molar refractivity (Wildman–Crippen MR) is 94.2 cm³/mol. The van der Waals surface area contributed by atoms with Gasteiger partial charge in [-0.15, -0.1) is 0 Å². The smallest absolute Gasteiger partial charge is 0.192 e. The summed E-state index contributed by atoms with van der Waals surface area (Å²) in [5, 5.41) is 5.55. The summed E-state index contributed by atoms with van der Waals surface area (Å²) >= 11 is 0. The molecule has 0 spiro atoms. The molecule has 0 saturated carbocycles. The van der Waals surface area contributed by atoms with E-state index in [4.69, 9.17) is 0 Å². The number of hydrogen-bond acceptors (Lipinski definition) is 4. The number of dihydropyridines is 1. The minimum atomic E-state index is 0.136. The number of hydrazine groups is 1. The van der Waals surface area contributed by atoms with Gasteiger partial charge in [-0.05, 0) is 30.2 Å². The van der Waals surface area contributed by atoms with Crippen molar-refractivity contribution in [1.82, 2.24) is 10.7 Å². The van der Waals surface area contributed by atoms with Crippen LogP contribution in [0.3, 0.4) is 0 Å². The van der Waals surface area contributed by atoms with Gasteiger partial charge in [-0.25, -0.2) is 5.43 Å². The maximum absolute atomic E-state index is 12.7. The molecular weight excluding hydrogens is 298 g/mol. The molecule has 5 rings (SSSR count). The van der Waals surface area contributed by atoms with E-state index in [2.05, 4.69) is 40.9 Å².